The van der Waals surface area contributed by atoms with Crippen molar-refractivity contribution in [3.8, 4) is 12.3 Å². The van der Waals surface area contributed by atoms with Crippen LogP contribution in [-0.2, 0) is 4.79 Å². The summed E-state index contributed by atoms with van der Waals surface area (Å²) in [5.41, 5.74) is 1.66. The Balaban J connectivity index is 2.85. The van der Waals surface area contributed by atoms with Crippen LogP contribution in [0.4, 0.5) is 0 Å². The summed E-state index contributed by atoms with van der Waals surface area (Å²) in [6.07, 6.45) is 5.51. The van der Waals surface area contributed by atoms with Crippen LogP contribution in [0.1, 0.15) is 20.8 Å². The second-order valence-electron chi connectivity index (χ2n) is 3.99. The first-order valence-electron chi connectivity index (χ1n) is 5.97. The van der Waals surface area contributed by atoms with E-state index in [0.29, 0.717) is 5.75 Å². The zero-order chi connectivity index (χ0) is 12.8. The summed E-state index contributed by atoms with van der Waals surface area (Å²) in [7, 11) is 0. The van der Waals surface area contributed by atoms with Crippen molar-refractivity contribution in [3.05, 3.63) is 11.1 Å². The Morgan fingerprint density at radius 1 is 1.59 bits per heavy atom. The smallest absolute Gasteiger partial charge is 0.177 e. The lowest BCUT2D eigenvalue weighted by molar-refractivity contribution is -0.120. The Morgan fingerprint density at radius 3 is 2.82 bits per heavy atom. The largest absolute Gasteiger partial charge is 0.293 e. The third-order valence-electron chi connectivity index (χ3n) is 2.99. The van der Waals surface area contributed by atoms with E-state index < -0.39 is 0 Å². The highest BCUT2D eigenvalue weighted by Gasteiger charge is 2.30. The van der Waals surface area contributed by atoms with Gasteiger partial charge in [0.05, 0.1) is 6.04 Å². The fourth-order valence-electron chi connectivity index (χ4n) is 1.90. The Kier molecular flexibility index (Phi) is 5.76. The molecule has 0 fully saturated rings. The van der Waals surface area contributed by atoms with E-state index >= 15 is 0 Å². The number of carbonyl (C=O) groups excluding carboxylic acids is 1. The Morgan fingerprint density at radius 2 is 2.29 bits per heavy atom. The van der Waals surface area contributed by atoms with Gasteiger partial charge in [0.2, 0.25) is 0 Å². The van der Waals surface area contributed by atoms with Gasteiger partial charge in [-0.15, -0.1) is 6.42 Å². The van der Waals surface area contributed by atoms with E-state index in [9.17, 15) is 4.79 Å². The molecule has 0 bridgehead atoms. The molecule has 1 atom stereocenters. The predicted molar refractivity (Wildman–Crippen MR) is 73.7 cm³/mol. The summed E-state index contributed by atoms with van der Waals surface area (Å²) in [5, 5.41) is 0. The van der Waals surface area contributed by atoms with E-state index in [0.717, 1.165) is 30.8 Å². The lowest BCUT2D eigenvalue weighted by Crippen LogP contribution is -2.45. The van der Waals surface area contributed by atoms with E-state index in [1.165, 1.54) is 0 Å². The average molecular weight is 252 g/mol. The highest BCUT2D eigenvalue weighted by molar-refractivity contribution is 7.97. The van der Waals surface area contributed by atoms with E-state index in [4.69, 9.17) is 6.42 Å². The number of nitrogens with zero attached hydrogens (tertiary/aromatic N) is 1. The topological polar surface area (TPSA) is 32.3 Å². The van der Waals surface area contributed by atoms with Crippen molar-refractivity contribution in [1.82, 2.24) is 9.62 Å². The van der Waals surface area contributed by atoms with Gasteiger partial charge in [-0.1, -0.05) is 31.7 Å². The van der Waals surface area contributed by atoms with Crippen molar-refractivity contribution in [3.63, 3.8) is 0 Å². The molecular formula is C13H20N2OS. The number of terminal acetylenes is 1. The first-order chi connectivity index (χ1) is 8.15. The summed E-state index contributed by atoms with van der Waals surface area (Å²) in [6, 6.07) is -0.0469. The number of rotatable bonds is 5. The zero-order valence-electron chi connectivity index (χ0n) is 10.7. The quantitative estimate of drug-likeness (QED) is 0.456. The maximum absolute atomic E-state index is 12.2. The van der Waals surface area contributed by atoms with Gasteiger partial charge in [-0.2, -0.15) is 0 Å². The number of ketones is 1. The molecule has 0 spiro atoms. The van der Waals surface area contributed by atoms with Crippen molar-refractivity contribution < 1.29 is 4.79 Å². The normalized spacial score (nSPS) is 21.8. The molecule has 0 aromatic rings. The minimum absolute atomic E-state index is 0.0469. The fraction of sp³-hybridized carbons (Fsp3) is 0.615. The van der Waals surface area contributed by atoms with Gasteiger partial charge in [0, 0.05) is 30.0 Å². The first kappa shape index (κ1) is 14.3. The van der Waals surface area contributed by atoms with E-state index in [-0.39, 0.29) is 11.8 Å². The molecule has 17 heavy (non-hydrogen) atoms. The molecule has 3 nitrogen and oxygen atoms in total. The third kappa shape index (κ3) is 3.35. The highest BCUT2D eigenvalue weighted by atomic mass is 32.2. The van der Waals surface area contributed by atoms with Gasteiger partial charge in [-0.25, -0.2) is 0 Å². The fourth-order valence-corrected chi connectivity index (χ4v) is 2.67. The minimum Gasteiger partial charge on any atom is -0.293 e. The van der Waals surface area contributed by atoms with Crippen LogP contribution in [0, 0.1) is 12.3 Å². The van der Waals surface area contributed by atoms with E-state index in [2.05, 4.69) is 22.5 Å². The van der Waals surface area contributed by atoms with E-state index in [1.54, 1.807) is 11.9 Å². The molecule has 0 amide bonds. The highest BCUT2D eigenvalue weighted by Crippen LogP contribution is 2.22. The van der Waals surface area contributed by atoms with Gasteiger partial charge in [0.1, 0.15) is 0 Å². The van der Waals surface area contributed by atoms with Crippen LogP contribution in [0.3, 0.4) is 0 Å². The summed E-state index contributed by atoms with van der Waals surface area (Å²) < 4.78 is 3.15. The molecule has 0 aliphatic carbocycles. The number of likely N-dealkylation sites (N-methyl/N-ethyl adjacent to an activating group) is 1. The number of hydrogen-bond acceptors (Lipinski definition) is 4. The molecule has 1 unspecified atom stereocenters. The van der Waals surface area contributed by atoms with Crippen LogP contribution >= 0.6 is 11.9 Å². The molecule has 0 saturated heterocycles. The summed E-state index contributed by atoms with van der Waals surface area (Å²) in [6.45, 7) is 8.50. The monoisotopic (exact) mass is 252 g/mol. The molecule has 0 aromatic heterocycles. The summed E-state index contributed by atoms with van der Waals surface area (Å²) in [5.74, 6) is 3.51. The standard InChI is InChI=1S/C13H20N2OS/c1-5-11-8-15(7-3)10(4)13(16)12(11)9-17-14-6-2/h1,10,14H,6-9H2,2-4H3. The lowest BCUT2D eigenvalue weighted by Gasteiger charge is -2.32. The molecule has 1 aliphatic heterocycles. The second-order valence-corrected chi connectivity index (χ2v) is 4.86. The van der Waals surface area contributed by atoms with Gasteiger partial charge in [0.25, 0.3) is 0 Å². The lowest BCUT2D eigenvalue weighted by atomic mass is 9.95. The summed E-state index contributed by atoms with van der Waals surface area (Å²) in [4.78, 5) is 14.3. The van der Waals surface area contributed by atoms with Gasteiger partial charge in [0.15, 0.2) is 5.78 Å². The van der Waals surface area contributed by atoms with Gasteiger partial charge in [-0.3, -0.25) is 14.4 Å². The Labute approximate surface area is 108 Å². The first-order valence-corrected chi connectivity index (χ1v) is 6.95. The SMILES string of the molecule is C#CC1=C(CSNCC)C(=O)C(C)N(CC)C1. The van der Waals surface area contributed by atoms with Crippen LogP contribution < -0.4 is 4.72 Å². The average Bonchev–Trinajstić information content (AvgIpc) is 2.35. The minimum atomic E-state index is -0.0469. The number of Topliss-reactive ketones (excluding diaryl/α,β-unsaturated/α-hetero) is 1. The van der Waals surface area contributed by atoms with Gasteiger partial charge < -0.3 is 0 Å². The van der Waals surface area contributed by atoms with Crippen LogP contribution in [-0.4, -0.2) is 42.1 Å². The van der Waals surface area contributed by atoms with Crippen molar-refractivity contribution in [2.24, 2.45) is 0 Å². The Hall–Kier alpha value is -0.760. The molecule has 1 rings (SSSR count). The molecule has 4 heteroatoms. The van der Waals surface area contributed by atoms with Crippen molar-refractivity contribution in [2.45, 2.75) is 26.8 Å². The maximum atomic E-state index is 12.2. The van der Waals surface area contributed by atoms with Crippen LogP contribution in [0.25, 0.3) is 0 Å². The molecule has 94 valence electrons. The molecule has 1 heterocycles. The van der Waals surface area contributed by atoms with Crippen LogP contribution in [0.15, 0.2) is 11.1 Å². The Bertz CT molecular complexity index is 357. The van der Waals surface area contributed by atoms with Gasteiger partial charge >= 0.3 is 0 Å². The number of hydrogen-bond donors (Lipinski definition) is 1. The van der Waals surface area contributed by atoms with Crippen molar-refractivity contribution >= 4 is 17.7 Å². The molecule has 1 aliphatic rings. The number of nitrogens with one attached hydrogen (secondary N) is 1. The maximum Gasteiger partial charge on any atom is 0.177 e. The molecule has 1 N–H and O–H groups in total. The van der Waals surface area contributed by atoms with E-state index in [1.807, 2.05) is 13.8 Å². The summed E-state index contributed by atoms with van der Waals surface area (Å²) >= 11 is 1.55. The van der Waals surface area contributed by atoms with Crippen LogP contribution in [0.2, 0.25) is 0 Å². The van der Waals surface area contributed by atoms with Crippen molar-refractivity contribution in [2.75, 3.05) is 25.4 Å². The van der Waals surface area contributed by atoms with Gasteiger partial charge in [-0.05, 0) is 13.5 Å². The molecule has 0 aromatic carbocycles. The van der Waals surface area contributed by atoms with Crippen molar-refractivity contribution in [1.29, 1.82) is 0 Å². The predicted octanol–water partition coefficient (Wildman–Crippen LogP) is 1.47. The molecule has 0 saturated carbocycles. The third-order valence-corrected chi connectivity index (χ3v) is 3.92. The second kappa shape index (κ2) is 6.85. The molecule has 0 radical (unpaired) electrons. The number of carbonyl (C=O) groups is 1. The zero-order valence-corrected chi connectivity index (χ0v) is 11.6. The molecular weight excluding hydrogens is 232 g/mol. The van der Waals surface area contributed by atoms with Crippen LogP contribution in [0.5, 0.6) is 0 Å².